The van der Waals surface area contributed by atoms with Crippen molar-refractivity contribution in [2.45, 2.75) is 6.92 Å². The van der Waals surface area contributed by atoms with Gasteiger partial charge in [0.1, 0.15) is 5.75 Å². The van der Waals surface area contributed by atoms with Gasteiger partial charge in [0.25, 0.3) is 0 Å². The maximum absolute atomic E-state index is 10.5. The number of terminal acetylenes is 1. The van der Waals surface area contributed by atoms with E-state index in [9.17, 15) is 9.90 Å². The first-order valence-electron chi connectivity index (χ1n) is 3.44. The summed E-state index contributed by atoms with van der Waals surface area (Å²) in [6.45, 7) is 1.71. The van der Waals surface area contributed by atoms with Crippen molar-refractivity contribution < 1.29 is 9.90 Å². The fraction of sp³-hybridized carbons (Fsp3) is 0.100. The molecule has 0 amide bonds. The number of phenolic OH excluding ortho intramolecular Hbond substituents is 1. The Morgan fingerprint density at radius 3 is 2.75 bits per heavy atom. The summed E-state index contributed by atoms with van der Waals surface area (Å²) in [7, 11) is 0. The van der Waals surface area contributed by atoms with E-state index < -0.39 is 0 Å². The number of aldehydes is 1. The number of phenols is 1. The van der Waals surface area contributed by atoms with E-state index in [-0.39, 0.29) is 5.75 Å². The SMILES string of the molecule is C#Cc1cc(O)c(C)cc1C=O. The lowest BCUT2D eigenvalue weighted by molar-refractivity contribution is 0.112. The Bertz CT molecular complexity index is 359. The van der Waals surface area contributed by atoms with Gasteiger partial charge in [0.15, 0.2) is 6.29 Å². The van der Waals surface area contributed by atoms with Crippen LogP contribution in [0.2, 0.25) is 0 Å². The van der Waals surface area contributed by atoms with Crippen LogP contribution >= 0.6 is 0 Å². The van der Waals surface area contributed by atoms with E-state index in [4.69, 9.17) is 6.42 Å². The molecular formula is C10H8O2. The standard InChI is InChI=1S/C10H8O2/c1-3-8-5-10(12)7(2)4-9(8)6-11/h1,4-6,12H,2H3. The normalized spacial score (nSPS) is 9.00. The average molecular weight is 160 g/mol. The predicted molar refractivity (Wildman–Crippen MR) is 46.2 cm³/mol. The molecule has 0 heterocycles. The van der Waals surface area contributed by atoms with Crippen molar-refractivity contribution in [1.82, 2.24) is 0 Å². The molecule has 0 aliphatic carbocycles. The van der Waals surface area contributed by atoms with Gasteiger partial charge >= 0.3 is 0 Å². The highest BCUT2D eigenvalue weighted by atomic mass is 16.3. The molecule has 0 aliphatic rings. The summed E-state index contributed by atoms with van der Waals surface area (Å²) in [5.41, 5.74) is 1.51. The Morgan fingerprint density at radius 1 is 1.58 bits per heavy atom. The van der Waals surface area contributed by atoms with Gasteiger partial charge in [-0.1, -0.05) is 5.92 Å². The molecule has 0 saturated heterocycles. The summed E-state index contributed by atoms with van der Waals surface area (Å²) >= 11 is 0. The number of rotatable bonds is 1. The number of hydrogen-bond acceptors (Lipinski definition) is 2. The maximum Gasteiger partial charge on any atom is 0.151 e. The maximum atomic E-state index is 10.5. The van der Waals surface area contributed by atoms with Crippen molar-refractivity contribution in [3.05, 3.63) is 28.8 Å². The van der Waals surface area contributed by atoms with Crippen molar-refractivity contribution in [2.24, 2.45) is 0 Å². The highest BCUT2D eigenvalue weighted by Crippen LogP contribution is 2.19. The van der Waals surface area contributed by atoms with Crippen molar-refractivity contribution in [3.63, 3.8) is 0 Å². The summed E-state index contributed by atoms with van der Waals surface area (Å²) in [6.07, 6.45) is 5.81. The number of aryl methyl sites for hydroxylation is 1. The molecule has 1 aromatic carbocycles. The summed E-state index contributed by atoms with van der Waals surface area (Å²) in [5.74, 6) is 2.44. The van der Waals surface area contributed by atoms with Gasteiger partial charge in [-0.3, -0.25) is 4.79 Å². The van der Waals surface area contributed by atoms with Gasteiger partial charge in [-0.15, -0.1) is 6.42 Å². The first-order chi connectivity index (χ1) is 5.69. The van der Waals surface area contributed by atoms with Gasteiger partial charge in [0.2, 0.25) is 0 Å². The van der Waals surface area contributed by atoms with E-state index in [0.717, 1.165) is 0 Å². The Labute approximate surface area is 70.8 Å². The molecule has 60 valence electrons. The zero-order valence-electron chi connectivity index (χ0n) is 6.66. The van der Waals surface area contributed by atoms with Crippen LogP contribution in [0.1, 0.15) is 21.5 Å². The van der Waals surface area contributed by atoms with E-state index in [1.807, 2.05) is 0 Å². The Kier molecular flexibility index (Phi) is 2.16. The summed E-state index contributed by atoms with van der Waals surface area (Å²) in [6, 6.07) is 2.98. The summed E-state index contributed by atoms with van der Waals surface area (Å²) in [4.78, 5) is 10.5. The number of carbonyl (C=O) groups is 1. The second-order valence-corrected chi connectivity index (χ2v) is 2.49. The van der Waals surface area contributed by atoms with Crippen molar-refractivity contribution >= 4 is 6.29 Å². The van der Waals surface area contributed by atoms with Gasteiger partial charge in [-0.05, 0) is 24.6 Å². The number of carbonyl (C=O) groups excluding carboxylic acids is 1. The Morgan fingerprint density at radius 2 is 2.25 bits per heavy atom. The number of aromatic hydroxyl groups is 1. The first kappa shape index (κ1) is 8.35. The van der Waals surface area contributed by atoms with Crippen LogP contribution in [-0.2, 0) is 0 Å². The third kappa shape index (κ3) is 1.30. The van der Waals surface area contributed by atoms with Gasteiger partial charge in [0, 0.05) is 11.1 Å². The highest BCUT2D eigenvalue weighted by Gasteiger charge is 2.03. The third-order valence-corrected chi connectivity index (χ3v) is 1.65. The predicted octanol–water partition coefficient (Wildman–Crippen LogP) is 1.49. The zero-order chi connectivity index (χ0) is 9.14. The van der Waals surface area contributed by atoms with Crippen molar-refractivity contribution in [3.8, 4) is 18.1 Å². The fourth-order valence-corrected chi connectivity index (χ4v) is 0.941. The van der Waals surface area contributed by atoms with E-state index in [0.29, 0.717) is 23.0 Å². The summed E-state index contributed by atoms with van der Waals surface area (Å²) < 4.78 is 0. The molecule has 0 bridgehead atoms. The number of hydrogen-bond donors (Lipinski definition) is 1. The molecule has 2 nitrogen and oxygen atoms in total. The Balaban J connectivity index is 3.41. The minimum Gasteiger partial charge on any atom is -0.508 e. The third-order valence-electron chi connectivity index (χ3n) is 1.65. The Hall–Kier alpha value is -1.75. The molecule has 1 rings (SSSR count). The van der Waals surface area contributed by atoms with Gasteiger partial charge < -0.3 is 5.11 Å². The lowest BCUT2D eigenvalue weighted by atomic mass is 10.1. The van der Waals surface area contributed by atoms with Gasteiger partial charge in [0.05, 0.1) is 0 Å². The second kappa shape index (κ2) is 3.10. The van der Waals surface area contributed by atoms with E-state index in [1.165, 1.54) is 6.07 Å². The first-order valence-corrected chi connectivity index (χ1v) is 3.44. The van der Waals surface area contributed by atoms with E-state index >= 15 is 0 Å². The minimum absolute atomic E-state index is 0.119. The topological polar surface area (TPSA) is 37.3 Å². The molecule has 2 heteroatoms. The highest BCUT2D eigenvalue weighted by molar-refractivity contribution is 5.80. The quantitative estimate of drug-likeness (QED) is 0.499. The van der Waals surface area contributed by atoms with Crippen LogP contribution in [0, 0.1) is 19.3 Å². The van der Waals surface area contributed by atoms with Crippen LogP contribution in [0.4, 0.5) is 0 Å². The minimum atomic E-state index is 0.119. The largest absolute Gasteiger partial charge is 0.508 e. The van der Waals surface area contributed by atoms with E-state index in [1.54, 1.807) is 13.0 Å². The molecule has 0 saturated carbocycles. The smallest absolute Gasteiger partial charge is 0.151 e. The molecule has 1 aromatic rings. The van der Waals surface area contributed by atoms with Crippen LogP contribution < -0.4 is 0 Å². The van der Waals surface area contributed by atoms with Crippen LogP contribution in [-0.4, -0.2) is 11.4 Å². The molecule has 1 N–H and O–H groups in total. The average Bonchev–Trinajstić information content (AvgIpc) is 2.09. The van der Waals surface area contributed by atoms with Crippen LogP contribution in [0.15, 0.2) is 12.1 Å². The molecule has 0 unspecified atom stereocenters. The molecule has 0 fully saturated rings. The summed E-state index contributed by atoms with van der Waals surface area (Å²) in [5, 5.41) is 9.24. The van der Waals surface area contributed by atoms with Crippen molar-refractivity contribution in [1.29, 1.82) is 0 Å². The fourth-order valence-electron chi connectivity index (χ4n) is 0.941. The lowest BCUT2D eigenvalue weighted by Gasteiger charge is -2.01. The zero-order valence-corrected chi connectivity index (χ0v) is 6.66. The number of benzene rings is 1. The molecule has 0 aromatic heterocycles. The van der Waals surface area contributed by atoms with E-state index in [2.05, 4.69) is 5.92 Å². The monoisotopic (exact) mass is 160 g/mol. The van der Waals surface area contributed by atoms with Gasteiger partial charge in [-0.25, -0.2) is 0 Å². The van der Waals surface area contributed by atoms with Crippen LogP contribution in [0.3, 0.4) is 0 Å². The second-order valence-electron chi connectivity index (χ2n) is 2.49. The van der Waals surface area contributed by atoms with Crippen LogP contribution in [0.5, 0.6) is 5.75 Å². The molecule has 0 aliphatic heterocycles. The van der Waals surface area contributed by atoms with Gasteiger partial charge in [-0.2, -0.15) is 0 Å². The van der Waals surface area contributed by atoms with Crippen molar-refractivity contribution in [2.75, 3.05) is 0 Å². The lowest BCUT2D eigenvalue weighted by Crippen LogP contribution is -1.88. The molecule has 0 radical (unpaired) electrons. The molecule has 0 atom stereocenters. The van der Waals surface area contributed by atoms with Crippen LogP contribution in [0.25, 0.3) is 0 Å². The molecule has 12 heavy (non-hydrogen) atoms. The molecule has 0 spiro atoms. The molecular weight excluding hydrogens is 152 g/mol.